The molecule has 0 amide bonds. The lowest BCUT2D eigenvalue weighted by atomic mass is 10.0. The maximum atomic E-state index is 5.56. The summed E-state index contributed by atoms with van der Waals surface area (Å²) in [5, 5.41) is 11.6. The number of benzene rings is 1. The van der Waals surface area contributed by atoms with E-state index in [0.29, 0.717) is 24.6 Å². The zero-order valence-corrected chi connectivity index (χ0v) is 13.2. The van der Waals surface area contributed by atoms with Gasteiger partial charge < -0.3 is 19.2 Å². The summed E-state index contributed by atoms with van der Waals surface area (Å²) in [5.41, 5.74) is 1.16. The van der Waals surface area contributed by atoms with Crippen molar-refractivity contribution in [3.63, 3.8) is 0 Å². The normalized spacial score (nSPS) is 22.7. The third kappa shape index (κ3) is 3.17. The molecule has 2 atom stereocenters. The van der Waals surface area contributed by atoms with Crippen molar-refractivity contribution in [1.29, 1.82) is 0 Å². The minimum Gasteiger partial charge on any atom is -0.454 e. The molecule has 4 rings (SSSR count). The SMILES string of the molecule is Cc1nnc(C[C@@H]2CC[C@H](NCc3cccc4c3OCO4)C2)o1. The molecule has 1 aromatic heterocycles. The van der Waals surface area contributed by atoms with E-state index in [1.54, 1.807) is 0 Å². The number of rotatable bonds is 5. The van der Waals surface area contributed by atoms with E-state index in [9.17, 15) is 0 Å². The van der Waals surface area contributed by atoms with Gasteiger partial charge in [-0.15, -0.1) is 10.2 Å². The van der Waals surface area contributed by atoms with Gasteiger partial charge in [-0.1, -0.05) is 12.1 Å². The number of hydrogen-bond donors (Lipinski definition) is 1. The molecule has 6 nitrogen and oxygen atoms in total. The summed E-state index contributed by atoms with van der Waals surface area (Å²) in [5.74, 6) is 3.76. The van der Waals surface area contributed by atoms with Gasteiger partial charge in [-0.25, -0.2) is 0 Å². The van der Waals surface area contributed by atoms with Crippen LogP contribution in [0.4, 0.5) is 0 Å². The number of nitrogens with zero attached hydrogens (tertiary/aromatic N) is 2. The molecule has 2 heterocycles. The zero-order chi connectivity index (χ0) is 15.6. The summed E-state index contributed by atoms with van der Waals surface area (Å²) in [4.78, 5) is 0. The highest BCUT2D eigenvalue weighted by molar-refractivity contribution is 5.48. The minimum atomic E-state index is 0.321. The van der Waals surface area contributed by atoms with Crippen molar-refractivity contribution in [3.05, 3.63) is 35.5 Å². The molecule has 0 saturated heterocycles. The highest BCUT2D eigenvalue weighted by Crippen LogP contribution is 2.35. The maximum absolute atomic E-state index is 5.56. The van der Waals surface area contributed by atoms with Crippen molar-refractivity contribution in [2.24, 2.45) is 5.92 Å². The summed E-state index contributed by atoms with van der Waals surface area (Å²) in [7, 11) is 0. The van der Waals surface area contributed by atoms with Gasteiger partial charge in [0.15, 0.2) is 11.5 Å². The van der Waals surface area contributed by atoms with Crippen LogP contribution < -0.4 is 14.8 Å². The molecule has 2 aliphatic rings. The average Bonchev–Trinajstić information content (AvgIpc) is 3.27. The first-order valence-electron chi connectivity index (χ1n) is 8.18. The predicted molar refractivity (Wildman–Crippen MR) is 83.3 cm³/mol. The van der Waals surface area contributed by atoms with Crippen LogP contribution in [0.3, 0.4) is 0 Å². The van der Waals surface area contributed by atoms with Crippen molar-refractivity contribution in [2.75, 3.05) is 6.79 Å². The Labute approximate surface area is 135 Å². The molecule has 2 aromatic rings. The highest BCUT2D eigenvalue weighted by atomic mass is 16.7. The fourth-order valence-electron chi connectivity index (χ4n) is 3.50. The molecule has 6 heteroatoms. The van der Waals surface area contributed by atoms with E-state index in [4.69, 9.17) is 13.9 Å². The number of aryl methyl sites for hydroxylation is 1. The number of ether oxygens (including phenoxy) is 2. The van der Waals surface area contributed by atoms with Crippen molar-refractivity contribution in [1.82, 2.24) is 15.5 Å². The molecule has 0 unspecified atom stereocenters. The first-order chi connectivity index (χ1) is 11.3. The summed E-state index contributed by atoms with van der Waals surface area (Å²) in [6.07, 6.45) is 4.42. The van der Waals surface area contributed by atoms with Gasteiger partial charge >= 0.3 is 0 Å². The lowest BCUT2D eigenvalue weighted by Crippen LogP contribution is -2.26. The molecule has 1 N–H and O–H groups in total. The molecular weight excluding hydrogens is 294 g/mol. The number of nitrogens with one attached hydrogen (secondary N) is 1. The molecule has 1 fully saturated rings. The van der Waals surface area contributed by atoms with Crippen LogP contribution in [-0.4, -0.2) is 23.0 Å². The van der Waals surface area contributed by atoms with Gasteiger partial charge in [0.1, 0.15) is 0 Å². The Kier molecular flexibility index (Phi) is 3.91. The molecule has 122 valence electrons. The van der Waals surface area contributed by atoms with E-state index < -0.39 is 0 Å². The van der Waals surface area contributed by atoms with Crippen LogP contribution >= 0.6 is 0 Å². The third-order valence-electron chi connectivity index (χ3n) is 4.63. The fraction of sp³-hybridized carbons (Fsp3) is 0.529. The highest BCUT2D eigenvalue weighted by Gasteiger charge is 2.26. The smallest absolute Gasteiger partial charge is 0.231 e. The van der Waals surface area contributed by atoms with Gasteiger partial charge in [-0.05, 0) is 31.2 Å². The van der Waals surface area contributed by atoms with Crippen LogP contribution in [0, 0.1) is 12.8 Å². The lowest BCUT2D eigenvalue weighted by Gasteiger charge is -2.14. The van der Waals surface area contributed by atoms with Gasteiger partial charge in [-0.3, -0.25) is 0 Å². The summed E-state index contributed by atoms with van der Waals surface area (Å²) in [6.45, 7) is 2.96. The van der Waals surface area contributed by atoms with Crippen LogP contribution in [0.1, 0.15) is 36.6 Å². The lowest BCUT2D eigenvalue weighted by molar-refractivity contribution is 0.173. The number of hydrogen-bond acceptors (Lipinski definition) is 6. The summed E-state index contributed by atoms with van der Waals surface area (Å²) in [6, 6.07) is 6.58. The van der Waals surface area contributed by atoms with Gasteiger partial charge in [0, 0.05) is 31.5 Å². The van der Waals surface area contributed by atoms with Gasteiger partial charge in [0.25, 0.3) is 0 Å². The van der Waals surface area contributed by atoms with Gasteiger partial charge in [-0.2, -0.15) is 0 Å². The van der Waals surface area contributed by atoms with E-state index in [1.165, 1.54) is 12.8 Å². The molecular formula is C17H21N3O3. The van der Waals surface area contributed by atoms with Crippen LogP contribution in [0.25, 0.3) is 0 Å². The third-order valence-corrected chi connectivity index (χ3v) is 4.63. The first kappa shape index (κ1) is 14.5. The van der Waals surface area contributed by atoms with Crippen molar-refractivity contribution in [3.8, 4) is 11.5 Å². The molecule has 23 heavy (non-hydrogen) atoms. The molecule has 0 bridgehead atoms. The van der Waals surface area contributed by atoms with Gasteiger partial charge in [0.05, 0.1) is 0 Å². The molecule has 0 radical (unpaired) electrons. The van der Waals surface area contributed by atoms with E-state index in [2.05, 4.69) is 21.6 Å². The largest absolute Gasteiger partial charge is 0.454 e. The van der Waals surface area contributed by atoms with Crippen LogP contribution in [0.2, 0.25) is 0 Å². The Morgan fingerprint density at radius 2 is 2.17 bits per heavy atom. The maximum Gasteiger partial charge on any atom is 0.231 e. The van der Waals surface area contributed by atoms with Crippen LogP contribution in [-0.2, 0) is 13.0 Å². The predicted octanol–water partition coefficient (Wildman–Crippen LogP) is 2.61. The van der Waals surface area contributed by atoms with Crippen LogP contribution in [0.5, 0.6) is 11.5 Å². The Hall–Kier alpha value is -2.08. The van der Waals surface area contributed by atoms with E-state index >= 15 is 0 Å². The van der Waals surface area contributed by atoms with Gasteiger partial charge in [0.2, 0.25) is 18.6 Å². The molecule has 1 aliphatic heterocycles. The second-order valence-electron chi connectivity index (χ2n) is 6.33. The minimum absolute atomic E-state index is 0.321. The molecule has 1 saturated carbocycles. The molecule has 1 aliphatic carbocycles. The summed E-state index contributed by atoms with van der Waals surface area (Å²) < 4.78 is 16.5. The van der Waals surface area contributed by atoms with Crippen LogP contribution in [0.15, 0.2) is 22.6 Å². The second-order valence-corrected chi connectivity index (χ2v) is 6.33. The Bertz CT molecular complexity index is 685. The quantitative estimate of drug-likeness (QED) is 0.914. The van der Waals surface area contributed by atoms with E-state index in [-0.39, 0.29) is 0 Å². The van der Waals surface area contributed by atoms with Crippen molar-refractivity contribution >= 4 is 0 Å². The zero-order valence-electron chi connectivity index (χ0n) is 13.2. The number of aromatic nitrogens is 2. The Morgan fingerprint density at radius 1 is 1.22 bits per heavy atom. The first-order valence-corrected chi connectivity index (χ1v) is 8.18. The second kappa shape index (κ2) is 6.20. The molecule has 0 spiro atoms. The Balaban J connectivity index is 1.30. The van der Waals surface area contributed by atoms with E-state index in [1.807, 2.05) is 19.1 Å². The van der Waals surface area contributed by atoms with Crippen molar-refractivity contribution < 1.29 is 13.9 Å². The summed E-state index contributed by atoms with van der Waals surface area (Å²) >= 11 is 0. The molecule has 1 aromatic carbocycles. The monoisotopic (exact) mass is 315 g/mol. The topological polar surface area (TPSA) is 69.4 Å². The van der Waals surface area contributed by atoms with Crippen molar-refractivity contribution in [2.45, 2.75) is 45.2 Å². The number of fused-ring (bicyclic) bond motifs is 1. The fourth-order valence-corrected chi connectivity index (χ4v) is 3.50. The Morgan fingerprint density at radius 3 is 3.04 bits per heavy atom. The van der Waals surface area contributed by atoms with E-state index in [0.717, 1.165) is 42.3 Å². The number of para-hydroxylation sites is 1. The standard InChI is InChI=1S/C17H21N3O3/c1-11-19-20-16(23-11)8-12-5-6-14(7-12)18-9-13-3-2-4-15-17(13)22-10-21-15/h2-4,12,14,18H,5-10H2,1H3/t12-,14+/m1/s1. The average molecular weight is 315 g/mol.